The topological polar surface area (TPSA) is 90.4 Å². The summed E-state index contributed by atoms with van der Waals surface area (Å²) in [5, 5.41) is 9.50. The van der Waals surface area contributed by atoms with Crippen LogP contribution in [0, 0.1) is 23.7 Å². The van der Waals surface area contributed by atoms with E-state index in [4.69, 9.17) is 4.74 Å². The fraction of sp³-hybridized carbons (Fsp3) is 0.944. The van der Waals surface area contributed by atoms with Gasteiger partial charge in [-0.1, -0.05) is 0 Å². The Morgan fingerprint density at radius 1 is 1.10 bits per heavy atom. The van der Waals surface area contributed by atoms with Crippen molar-refractivity contribution in [1.82, 2.24) is 7.06 Å². The number of rotatable bonds is 8. The Labute approximate surface area is 194 Å². The molecule has 4 aliphatic rings. The predicted molar refractivity (Wildman–Crippen MR) is 102 cm³/mol. The first kappa shape index (κ1) is 24.5. The van der Waals surface area contributed by atoms with E-state index >= 15 is 0 Å². The average Bonchev–Trinajstić information content (AvgIpc) is 3.44. The molecule has 2 aliphatic heterocycles. The van der Waals surface area contributed by atoms with E-state index in [9.17, 15) is 36.2 Å². The van der Waals surface area contributed by atoms with Crippen LogP contribution in [0.5, 0.6) is 0 Å². The second-order valence-electron chi connectivity index (χ2n) is 9.05. The van der Waals surface area contributed by atoms with Gasteiger partial charge in [0.15, 0.2) is 0 Å². The van der Waals surface area contributed by atoms with Crippen LogP contribution in [0.4, 0.5) is 26.3 Å². The third-order valence-corrected chi connectivity index (χ3v) is 16.7. The molecular weight excluding hydrogens is 660 g/mol. The molecule has 4 fully saturated rings. The number of carbonyl (C=O) groups excluding carboxylic acids is 1. The molecule has 0 amide bonds. The van der Waals surface area contributed by atoms with E-state index in [2.05, 4.69) is 7.06 Å². The normalized spacial score (nSPS) is 34.4. The minimum absolute atomic E-state index is 0.0101. The van der Waals surface area contributed by atoms with Crippen molar-refractivity contribution in [2.75, 3.05) is 11.5 Å². The van der Waals surface area contributed by atoms with Gasteiger partial charge in [-0.25, -0.2) is 0 Å². The second kappa shape index (κ2) is 7.70. The van der Waals surface area contributed by atoms with Crippen molar-refractivity contribution in [3.63, 3.8) is 0 Å². The molecule has 0 aromatic carbocycles. The van der Waals surface area contributed by atoms with Gasteiger partial charge in [0.2, 0.25) is 0 Å². The van der Waals surface area contributed by atoms with E-state index in [1.807, 2.05) is 11.9 Å². The Bertz CT molecular complexity index is 731. The Morgan fingerprint density at radius 3 is 2.03 bits per heavy atom. The van der Waals surface area contributed by atoms with Crippen LogP contribution in [-0.2, 0) is 9.53 Å². The van der Waals surface area contributed by atoms with Crippen molar-refractivity contribution >= 4 is 26.3 Å². The van der Waals surface area contributed by atoms with E-state index in [-0.39, 0.29) is 40.4 Å². The van der Waals surface area contributed by atoms with Gasteiger partial charge < -0.3 is 0 Å². The van der Waals surface area contributed by atoms with E-state index in [1.165, 1.54) is 0 Å². The molecule has 0 aromatic heterocycles. The molecule has 182 valence electrons. The number of esters is 1. The van der Waals surface area contributed by atoms with Gasteiger partial charge >= 0.3 is 169 Å². The summed E-state index contributed by atoms with van der Waals surface area (Å²) in [6.45, 7) is 2.15. The molecule has 4 rings (SSSR count). The molecule has 2 saturated heterocycles. The second-order valence-corrected chi connectivity index (χ2v) is 16.6. The number of carbonyl (C=O) groups is 1. The van der Waals surface area contributed by atoms with Crippen LogP contribution in [0.25, 0.3) is 0 Å². The zero-order valence-electron chi connectivity index (χ0n) is 16.8. The molecule has 5 atom stereocenters. The van der Waals surface area contributed by atoms with E-state index in [0.717, 1.165) is 0 Å². The summed E-state index contributed by atoms with van der Waals surface area (Å²) in [4.78, 5) is 14.7. The number of aliphatic hydroxyl groups is 1. The molecule has 0 spiro atoms. The number of fused-ring (bicyclic) bond motifs is 3. The van der Waals surface area contributed by atoms with E-state index in [1.54, 1.807) is 0 Å². The molecule has 2 aliphatic carbocycles. The molecule has 13 heteroatoms. The van der Waals surface area contributed by atoms with Crippen LogP contribution in [0.1, 0.15) is 39.0 Å². The van der Waals surface area contributed by atoms with Crippen LogP contribution in [0.2, 0.25) is 0 Å². The molecule has 5 nitrogen and oxygen atoms in total. The fourth-order valence-corrected chi connectivity index (χ4v) is 15.6. The maximum atomic E-state index is 13.0. The van der Waals surface area contributed by atoms with Gasteiger partial charge in [-0.2, -0.15) is 26.3 Å². The maximum absolute atomic E-state index is 13.0. The van der Waals surface area contributed by atoms with Crippen molar-refractivity contribution in [2.45, 2.75) is 64.1 Å². The summed E-state index contributed by atoms with van der Waals surface area (Å²) in [5.74, 6) is -1.17. The van der Waals surface area contributed by atoms with Gasteiger partial charge in [-0.05, 0) is 0 Å². The standard InChI is InChI=1S/C18H25F6I2N2O3/c1-14(25-2,18-26(27-18)28-18)13(29)31-4-3-9-5-11-6-10(9)7-12(11)8-15(30,16(19,20)21)17(22,23)24/h9-12,27-28,30H,3-8H2,1-2H3/q-1. The molecule has 0 aromatic rings. The Hall–Kier alpha value is 0.390. The molecule has 2 bridgehead atoms. The van der Waals surface area contributed by atoms with Crippen molar-refractivity contribution in [3.8, 4) is 0 Å². The minimum atomic E-state index is -5.76. The Kier molecular flexibility index (Phi) is 6.09. The molecule has 5 unspecified atom stereocenters. The van der Waals surface area contributed by atoms with Gasteiger partial charge in [-0.15, -0.1) is 0 Å². The third kappa shape index (κ3) is 3.89. The number of alkyl halides is 9. The van der Waals surface area contributed by atoms with Crippen molar-refractivity contribution in [3.05, 3.63) is 0 Å². The predicted octanol–water partition coefficient (Wildman–Crippen LogP) is 0.502. The molecule has 31 heavy (non-hydrogen) atoms. The molecule has 2 heterocycles. The monoisotopic (exact) mass is 685 g/mol. The first-order valence-electron chi connectivity index (χ1n) is 9.97. The molecule has 3 N–H and O–H groups in total. The van der Waals surface area contributed by atoms with Gasteiger partial charge in [0.25, 0.3) is 0 Å². The van der Waals surface area contributed by atoms with Crippen LogP contribution < -0.4 is 28.3 Å². The average molecular weight is 685 g/mol. The Morgan fingerprint density at radius 2 is 1.61 bits per heavy atom. The number of hydrogen-bond acceptors (Lipinski definition) is 5. The number of nitrogens with one attached hydrogen (secondary N) is 2. The zero-order valence-corrected chi connectivity index (χ0v) is 21.2. The van der Waals surface area contributed by atoms with Gasteiger partial charge in [-0.3, -0.25) is 0 Å². The number of hydrogen-bond donors (Lipinski definition) is 3. The molecule has 0 radical (unpaired) electrons. The van der Waals surface area contributed by atoms with Gasteiger partial charge in [0.1, 0.15) is 0 Å². The molecule has 2 saturated carbocycles. The zero-order chi connectivity index (χ0) is 23.0. The fourth-order valence-electron chi connectivity index (χ4n) is 5.26. The van der Waals surface area contributed by atoms with Crippen molar-refractivity contribution in [2.24, 2.45) is 23.7 Å². The number of halogens is 8. The van der Waals surface area contributed by atoms with Crippen LogP contribution in [0.15, 0.2) is 0 Å². The van der Waals surface area contributed by atoms with Gasteiger partial charge in [0.05, 0.1) is 0 Å². The Balaban J connectivity index is 1.28. The van der Waals surface area contributed by atoms with Crippen LogP contribution in [-0.4, -0.2) is 47.7 Å². The molecular formula is C18H25F6I2N2O3-. The quantitative estimate of drug-likeness (QED) is 0.0660. The summed E-state index contributed by atoms with van der Waals surface area (Å²) >= 11 is -1.70. The third-order valence-electron chi connectivity index (χ3n) is 7.44. The van der Waals surface area contributed by atoms with Crippen molar-refractivity contribution < 1.29 is 62.2 Å². The van der Waals surface area contributed by atoms with E-state index in [0.29, 0.717) is 19.3 Å². The first-order valence-corrected chi connectivity index (χ1v) is 16.4. The van der Waals surface area contributed by atoms with Crippen LogP contribution in [0.3, 0.4) is 0 Å². The first-order chi connectivity index (χ1) is 14.2. The summed E-state index contributed by atoms with van der Waals surface area (Å²) in [6, 6.07) is 0. The van der Waals surface area contributed by atoms with Crippen LogP contribution >= 0.6 is 20.4 Å². The van der Waals surface area contributed by atoms with E-state index < -0.39 is 75.3 Å². The number of ether oxygens (including phenoxy) is 1. The summed E-state index contributed by atoms with van der Waals surface area (Å²) in [6.07, 6.45) is -11.0. The van der Waals surface area contributed by atoms with Gasteiger partial charge in [0, 0.05) is 0 Å². The summed E-state index contributed by atoms with van der Waals surface area (Å²) < 4.78 is 89.7. The SMILES string of the molecule is C[I-]C(C)(C(=O)OCCC1CC2CC1CC2CC(O)(C(F)(F)F)C(F)(F)F)C12NI1N2. The summed E-state index contributed by atoms with van der Waals surface area (Å²) in [7, 11) is 0. The summed E-state index contributed by atoms with van der Waals surface area (Å²) in [5.41, 5.74) is -4.66. The van der Waals surface area contributed by atoms with Crippen molar-refractivity contribution in [1.29, 1.82) is 0 Å².